The van der Waals surface area contributed by atoms with Gasteiger partial charge in [-0.25, -0.2) is 0 Å². The van der Waals surface area contributed by atoms with E-state index in [4.69, 9.17) is 0 Å². The van der Waals surface area contributed by atoms with Gasteiger partial charge in [0.15, 0.2) is 0 Å². The summed E-state index contributed by atoms with van der Waals surface area (Å²) in [5.74, 6) is 0.770. The van der Waals surface area contributed by atoms with Crippen LogP contribution >= 0.6 is 0 Å². The van der Waals surface area contributed by atoms with E-state index >= 15 is 0 Å². The topological polar surface area (TPSA) is 50.1 Å². The molecule has 0 aromatic carbocycles. The van der Waals surface area contributed by atoms with E-state index in [-0.39, 0.29) is 0 Å². The van der Waals surface area contributed by atoms with E-state index in [1.54, 1.807) is 0 Å². The maximum atomic E-state index is 10.5. The number of hydrogen-bond donors (Lipinski definition) is 2. The van der Waals surface area contributed by atoms with Crippen LogP contribution in [0.15, 0.2) is 12.3 Å². The smallest absolute Gasteiger partial charge is 0.0771 e. The molecule has 2 rings (SSSR count). The number of rotatable bonds is 6. The molecule has 2 N–H and O–H groups in total. The summed E-state index contributed by atoms with van der Waals surface area (Å²) in [5, 5.41) is 18.2. The molecule has 1 aromatic heterocycles. The first kappa shape index (κ1) is 14.5. The van der Waals surface area contributed by atoms with Crippen LogP contribution in [-0.2, 0) is 13.1 Å². The lowest BCUT2D eigenvalue weighted by molar-refractivity contribution is -0.00641. The van der Waals surface area contributed by atoms with E-state index in [1.807, 2.05) is 10.9 Å². The van der Waals surface area contributed by atoms with E-state index in [1.165, 1.54) is 5.69 Å². The van der Waals surface area contributed by atoms with Crippen molar-refractivity contribution in [2.75, 3.05) is 6.54 Å². The van der Waals surface area contributed by atoms with Crippen LogP contribution < -0.4 is 5.32 Å². The summed E-state index contributed by atoms with van der Waals surface area (Å²) in [5.41, 5.74) is 0.705. The molecule has 19 heavy (non-hydrogen) atoms. The van der Waals surface area contributed by atoms with E-state index < -0.39 is 5.60 Å². The van der Waals surface area contributed by atoms with Gasteiger partial charge in [-0.3, -0.25) is 4.68 Å². The van der Waals surface area contributed by atoms with Crippen LogP contribution in [0.2, 0.25) is 0 Å². The van der Waals surface area contributed by atoms with Crippen molar-refractivity contribution in [3.05, 3.63) is 18.0 Å². The Hall–Kier alpha value is -0.870. The van der Waals surface area contributed by atoms with Crippen molar-refractivity contribution in [1.82, 2.24) is 15.1 Å². The summed E-state index contributed by atoms with van der Waals surface area (Å²) in [6.07, 6.45) is 7.09. The molecule has 1 saturated carbocycles. The van der Waals surface area contributed by atoms with Crippen molar-refractivity contribution in [2.45, 2.75) is 64.6 Å². The average molecular weight is 265 g/mol. The Bertz CT molecular complexity index is 380. The van der Waals surface area contributed by atoms with E-state index in [0.29, 0.717) is 6.54 Å². The van der Waals surface area contributed by atoms with Gasteiger partial charge in [0.1, 0.15) is 0 Å². The molecule has 0 spiro atoms. The first-order chi connectivity index (χ1) is 9.13. The fourth-order valence-electron chi connectivity index (χ4n) is 2.82. The lowest BCUT2D eigenvalue weighted by Gasteiger charge is -2.35. The Morgan fingerprint density at radius 1 is 1.47 bits per heavy atom. The minimum atomic E-state index is -0.498. The van der Waals surface area contributed by atoms with Crippen LogP contribution in [0.3, 0.4) is 0 Å². The van der Waals surface area contributed by atoms with Gasteiger partial charge < -0.3 is 10.4 Å². The summed E-state index contributed by atoms with van der Waals surface area (Å²) in [4.78, 5) is 0. The lowest BCUT2D eigenvalue weighted by atomic mass is 9.79. The summed E-state index contributed by atoms with van der Waals surface area (Å²) >= 11 is 0. The van der Waals surface area contributed by atoms with Crippen LogP contribution in [-0.4, -0.2) is 27.0 Å². The molecule has 0 atom stereocenters. The van der Waals surface area contributed by atoms with Crippen molar-refractivity contribution in [1.29, 1.82) is 0 Å². The summed E-state index contributed by atoms with van der Waals surface area (Å²) in [7, 11) is 0. The van der Waals surface area contributed by atoms with Crippen LogP contribution in [0, 0.1) is 5.92 Å². The predicted octanol–water partition coefficient (Wildman–Crippen LogP) is 2.32. The number of aromatic nitrogens is 2. The first-order valence-corrected chi connectivity index (χ1v) is 7.57. The SMILES string of the molecule is CCCn1nccc1CNCC1(O)CCC(C)CC1. The maximum Gasteiger partial charge on any atom is 0.0771 e. The average Bonchev–Trinajstić information content (AvgIpc) is 2.82. The highest BCUT2D eigenvalue weighted by Crippen LogP contribution is 2.31. The largest absolute Gasteiger partial charge is 0.389 e. The molecule has 1 aromatic rings. The zero-order valence-corrected chi connectivity index (χ0v) is 12.2. The minimum Gasteiger partial charge on any atom is -0.389 e. The van der Waals surface area contributed by atoms with Crippen LogP contribution in [0.25, 0.3) is 0 Å². The molecular formula is C15H27N3O. The fourth-order valence-corrected chi connectivity index (χ4v) is 2.82. The molecule has 1 aliphatic rings. The van der Waals surface area contributed by atoms with Gasteiger partial charge in [-0.15, -0.1) is 0 Å². The maximum absolute atomic E-state index is 10.5. The Morgan fingerprint density at radius 2 is 2.21 bits per heavy atom. The highest BCUT2D eigenvalue weighted by molar-refractivity contribution is 5.00. The number of nitrogens with one attached hydrogen (secondary N) is 1. The number of nitrogens with zero attached hydrogens (tertiary/aromatic N) is 2. The first-order valence-electron chi connectivity index (χ1n) is 7.57. The van der Waals surface area contributed by atoms with Gasteiger partial charge in [0.05, 0.1) is 11.3 Å². The van der Waals surface area contributed by atoms with Crippen LogP contribution in [0.5, 0.6) is 0 Å². The fraction of sp³-hybridized carbons (Fsp3) is 0.800. The van der Waals surface area contributed by atoms with Crippen molar-refractivity contribution >= 4 is 0 Å². The van der Waals surface area contributed by atoms with Gasteiger partial charge in [0.2, 0.25) is 0 Å². The molecule has 1 heterocycles. The monoisotopic (exact) mass is 265 g/mol. The second-order valence-corrected chi connectivity index (χ2v) is 6.06. The number of aliphatic hydroxyl groups is 1. The Morgan fingerprint density at radius 3 is 2.89 bits per heavy atom. The van der Waals surface area contributed by atoms with E-state index in [0.717, 1.165) is 51.1 Å². The third kappa shape index (κ3) is 4.05. The molecule has 0 amide bonds. The molecule has 0 aliphatic heterocycles. The van der Waals surface area contributed by atoms with E-state index in [2.05, 4.69) is 30.3 Å². The quantitative estimate of drug-likeness (QED) is 0.830. The Labute approximate surface area is 116 Å². The predicted molar refractivity (Wildman–Crippen MR) is 76.8 cm³/mol. The van der Waals surface area contributed by atoms with Gasteiger partial charge in [-0.2, -0.15) is 5.10 Å². The van der Waals surface area contributed by atoms with Gasteiger partial charge in [0, 0.05) is 25.8 Å². The molecule has 1 aliphatic carbocycles. The Kier molecular flexibility index (Phi) is 4.99. The minimum absolute atomic E-state index is 0.498. The van der Waals surface area contributed by atoms with Gasteiger partial charge in [0.25, 0.3) is 0 Å². The molecule has 108 valence electrons. The highest BCUT2D eigenvalue weighted by atomic mass is 16.3. The van der Waals surface area contributed by atoms with Gasteiger partial charge in [-0.1, -0.05) is 13.8 Å². The molecule has 0 radical (unpaired) electrons. The summed E-state index contributed by atoms with van der Waals surface area (Å²) in [6.45, 7) is 6.88. The second kappa shape index (κ2) is 6.53. The Balaban J connectivity index is 1.78. The number of aryl methyl sites for hydroxylation is 1. The van der Waals surface area contributed by atoms with Crippen molar-refractivity contribution in [2.24, 2.45) is 5.92 Å². The standard InChI is InChI=1S/C15H27N3O/c1-3-10-18-14(6-9-17-18)11-16-12-15(19)7-4-13(2)5-8-15/h6,9,13,16,19H,3-5,7-8,10-12H2,1-2H3. The van der Waals surface area contributed by atoms with Crippen LogP contribution in [0.1, 0.15) is 51.6 Å². The molecule has 4 nitrogen and oxygen atoms in total. The summed E-state index contributed by atoms with van der Waals surface area (Å²) in [6, 6.07) is 2.05. The van der Waals surface area contributed by atoms with Crippen LogP contribution in [0.4, 0.5) is 0 Å². The molecule has 1 fully saturated rings. The third-order valence-electron chi connectivity index (χ3n) is 4.21. The summed E-state index contributed by atoms with van der Waals surface area (Å²) < 4.78 is 2.04. The van der Waals surface area contributed by atoms with Crippen molar-refractivity contribution in [3.63, 3.8) is 0 Å². The van der Waals surface area contributed by atoms with E-state index in [9.17, 15) is 5.11 Å². The van der Waals surface area contributed by atoms with Gasteiger partial charge >= 0.3 is 0 Å². The van der Waals surface area contributed by atoms with Gasteiger partial charge in [-0.05, 0) is 44.1 Å². The normalized spacial score (nSPS) is 27.6. The van der Waals surface area contributed by atoms with Crippen molar-refractivity contribution < 1.29 is 5.11 Å². The number of hydrogen-bond acceptors (Lipinski definition) is 3. The zero-order valence-electron chi connectivity index (χ0n) is 12.2. The molecule has 4 heteroatoms. The second-order valence-electron chi connectivity index (χ2n) is 6.06. The zero-order chi connectivity index (χ0) is 13.7. The molecular weight excluding hydrogens is 238 g/mol. The molecule has 0 bridgehead atoms. The lowest BCUT2D eigenvalue weighted by Crippen LogP contribution is -2.43. The third-order valence-corrected chi connectivity index (χ3v) is 4.21. The molecule has 0 unspecified atom stereocenters. The molecule has 0 saturated heterocycles. The highest BCUT2D eigenvalue weighted by Gasteiger charge is 2.31. The van der Waals surface area contributed by atoms with Crippen molar-refractivity contribution in [3.8, 4) is 0 Å².